The van der Waals surface area contributed by atoms with Crippen LogP contribution >= 0.6 is 0 Å². The van der Waals surface area contributed by atoms with E-state index >= 15 is 0 Å². The maximum Gasteiger partial charge on any atom is 0.493 e. The van der Waals surface area contributed by atoms with E-state index < -0.39 is 56.8 Å². The van der Waals surface area contributed by atoms with Crippen LogP contribution in [0.4, 0.5) is 0 Å². The lowest BCUT2D eigenvalue weighted by atomic mass is 9.74. The van der Waals surface area contributed by atoms with E-state index in [1.165, 1.54) is 10.4 Å². The van der Waals surface area contributed by atoms with E-state index in [2.05, 4.69) is 175 Å². The summed E-state index contributed by atoms with van der Waals surface area (Å²) in [5.74, 6) is -0.847. The summed E-state index contributed by atoms with van der Waals surface area (Å²) in [7, 11) is -2.52. The summed E-state index contributed by atoms with van der Waals surface area (Å²) in [5.41, 5.74) is 2.78. The van der Waals surface area contributed by atoms with Crippen molar-refractivity contribution < 1.29 is 28.3 Å². The Morgan fingerprint density at radius 1 is 0.586 bits per heavy atom. The summed E-state index contributed by atoms with van der Waals surface area (Å²) in [5, 5.41) is 2.56. The Kier molecular flexibility index (Phi) is 11.1. The summed E-state index contributed by atoms with van der Waals surface area (Å²) < 4.78 is 42.4. The molecule has 5 aromatic carbocycles. The molecule has 2 heterocycles. The average molecular weight is 793 g/mol. The van der Waals surface area contributed by atoms with Crippen molar-refractivity contribution in [2.24, 2.45) is 0 Å². The van der Waals surface area contributed by atoms with Gasteiger partial charge >= 0.3 is 7.12 Å². The molecule has 2 fully saturated rings. The van der Waals surface area contributed by atoms with Crippen LogP contribution in [0.15, 0.2) is 163 Å². The van der Waals surface area contributed by atoms with Gasteiger partial charge in [0.15, 0.2) is 5.79 Å². The van der Waals surface area contributed by atoms with E-state index in [1.807, 2.05) is 32.0 Å². The zero-order chi connectivity index (χ0) is 40.8. The Balaban J connectivity index is 1.24. The first kappa shape index (κ1) is 40.7. The largest absolute Gasteiger partial charge is 0.493 e. The molecule has 0 spiro atoms. The summed E-state index contributed by atoms with van der Waals surface area (Å²) >= 11 is 0. The smallest absolute Gasteiger partial charge is 0.399 e. The fraction of sp³-hybridized carbons (Fsp3) is 0.360. The monoisotopic (exact) mass is 792 g/mol. The number of rotatable bonds is 13. The minimum atomic E-state index is -1.82. The molecule has 6 nitrogen and oxygen atoms in total. The Labute approximate surface area is 347 Å². The van der Waals surface area contributed by atoms with Gasteiger partial charge in [-0.05, 0) is 74.3 Å². The summed E-state index contributed by atoms with van der Waals surface area (Å²) in [4.78, 5) is 0. The molecular weight excluding hydrogens is 735 g/mol. The SMILES string of the molecule is CC1(C)O[C@H]2[C@H](O1)C(COC(c1ccccc1)(c1ccccc1)c1ccccc1)=C(B1OC(C)(C)C(C)(C)O1)[C@@H]2OCC(C)(C)[SiH](c1ccccc1)c1ccccc1. The van der Waals surface area contributed by atoms with Crippen molar-refractivity contribution >= 4 is 26.3 Å². The van der Waals surface area contributed by atoms with Crippen molar-refractivity contribution in [2.75, 3.05) is 13.2 Å². The van der Waals surface area contributed by atoms with Crippen LogP contribution in [-0.4, -0.2) is 64.4 Å². The van der Waals surface area contributed by atoms with Gasteiger partial charge < -0.3 is 28.3 Å². The van der Waals surface area contributed by atoms with E-state index in [0.717, 1.165) is 27.7 Å². The lowest BCUT2D eigenvalue weighted by Gasteiger charge is -2.37. The Morgan fingerprint density at radius 2 is 1.00 bits per heavy atom. The minimum Gasteiger partial charge on any atom is -0.399 e. The van der Waals surface area contributed by atoms with Crippen LogP contribution in [0.1, 0.15) is 72.1 Å². The van der Waals surface area contributed by atoms with Crippen molar-refractivity contribution in [3.63, 3.8) is 0 Å². The molecule has 5 aromatic rings. The molecule has 0 saturated carbocycles. The van der Waals surface area contributed by atoms with Crippen LogP contribution in [0.5, 0.6) is 0 Å². The average Bonchev–Trinajstić information content (AvgIpc) is 3.76. The van der Waals surface area contributed by atoms with E-state index in [-0.39, 0.29) is 11.6 Å². The van der Waals surface area contributed by atoms with Crippen molar-refractivity contribution in [3.8, 4) is 0 Å². The number of hydrogen-bond donors (Lipinski definition) is 0. The third-order valence-electron chi connectivity index (χ3n) is 12.6. The first-order chi connectivity index (χ1) is 27.7. The highest BCUT2D eigenvalue weighted by atomic mass is 28.3. The van der Waals surface area contributed by atoms with E-state index in [0.29, 0.717) is 6.61 Å². The van der Waals surface area contributed by atoms with Gasteiger partial charge in [-0.2, -0.15) is 0 Å². The molecule has 0 radical (unpaired) electrons. The van der Waals surface area contributed by atoms with Crippen LogP contribution in [0.3, 0.4) is 0 Å². The van der Waals surface area contributed by atoms with Gasteiger partial charge in [0.05, 0.1) is 24.4 Å². The second-order valence-corrected chi connectivity index (χ2v) is 21.9. The fourth-order valence-electron chi connectivity index (χ4n) is 9.14. The minimum absolute atomic E-state index is 0.198. The lowest BCUT2D eigenvalue weighted by Crippen LogP contribution is -2.52. The quantitative estimate of drug-likeness (QED) is 0.0880. The highest BCUT2D eigenvalue weighted by molar-refractivity contribution is 6.87. The van der Waals surface area contributed by atoms with Gasteiger partial charge in [0, 0.05) is 0 Å². The lowest BCUT2D eigenvalue weighted by molar-refractivity contribution is -0.158. The van der Waals surface area contributed by atoms with E-state index in [4.69, 9.17) is 28.3 Å². The molecule has 58 heavy (non-hydrogen) atoms. The standard InChI is InChI=1S/C50H57BO6Si/c1-46(2,58(39-30-20-12-21-31-39)40-32-22-13-23-33-40)35-52-44-42(51-56-47(3,4)48(5,6)57-51)41(43-45(44)55-49(7,8)54-43)34-53-50(36-24-14-9-15-25-36,37-26-16-10-17-27-37)38-28-18-11-19-29-38/h9-33,43-45,58H,34-35H2,1-8H3/t43-,44+,45+/m1/s1. The first-order valence-electron chi connectivity index (χ1n) is 20.7. The van der Waals surface area contributed by atoms with Crippen LogP contribution in [0.2, 0.25) is 5.04 Å². The maximum atomic E-state index is 7.54. The number of benzene rings is 5. The number of ether oxygens (including phenoxy) is 4. The molecule has 8 rings (SSSR count). The molecule has 8 heteroatoms. The molecule has 0 N–H and O–H groups in total. The third kappa shape index (κ3) is 7.61. The van der Waals surface area contributed by atoms with E-state index in [9.17, 15) is 0 Å². The van der Waals surface area contributed by atoms with Gasteiger partial charge in [-0.25, -0.2) is 0 Å². The van der Waals surface area contributed by atoms with Gasteiger partial charge in [-0.3, -0.25) is 0 Å². The van der Waals surface area contributed by atoms with Crippen molar-refractivity contribution in [1.82, 2.24) is 0 Å². The molecule has 3 aliphatic rings. The molecule has 0 amide bonds. The van der Waals surface area contributed by atoms with Crippen LogP contribution in [0.25, 0.3) is 0 Å². The summed E-state index contributed by atoms with van der Waals surface area (Å²) in [6, 6.07) is 53.3. The van der Waals surface area contributed by atoms with Crippen molar-refractivity contribution in [1.29, 1.82) is 0 Å². The van der Waals surface area contributed by atoms with Crippen LogP contribution < -0.4 is 10.4 Å². The molecular formula is C50H57BO6Si. The summed E-state index contributed by atoms with van der Waals surface area (Å²) in [6.07, 6.45) is -1.40. The van der Waals surface area contributed by atoms with Gasteiger partial charge in [-0.1, -0.05) is 176 Å². The Hall–Kier alpha value is -4.12. The van der Waals surface area contributed by atoms with Crippen molar-refractivity contribution in [3.05, 3.63) is 179 Å². The van der Waals surface area contributed by atoms with Crippen molar-refractivity contribution in [2.45, 2.75) is 101 Å². The molecule has 0 bridgehead atoms. The second kappa shape index (κ2) is 15.8. The molecule has 300 valence electrons. The third-order valence-corrected chi connectivity index (χ3v) is 16.5. The topological polar surface area (TPSA) is 55.4 Å². The molecule has 2 saturated heterocycles. The fourth-order valence-corrected chi connectivity index (χ4v) is 12.8. The van der Waals surface area contributed by atoms with E-state index in [1.54, 1.807) is 0 Å². The molecule has 0 aromatic heterocycles. The first-order valence-corrected chi connectivity index (χ1v) is 22.4. The normalized spacial score (nSPS) is 22.4. The van der Waals surface area contributed by atoms with Crippen LogP contribution in [-0.2, 0) is 33.9 Å². The van der Waals surface area contributed by atoms with Crippen LogP contribution in [0, 0.1) is 0 Å². The van der Waals surface area contributed by atoms with Gasteiger partial charge in [-0.15, -0.1) is 0 Å². The Morgan fingerprint density at radius 3 is 1.43 bits per heavy atom. The predicted molar refractivity (Wildman–Crippen MR) is 235 cm³/mol. The molecule has 1 aliphatic carbocycles. The summed E-state index contributed by atoms with van der Waals surface area (Å²) in [6.45, 7) is 17.7. The second-order valence-electron chi connectivity index (χ2n) is 18.1. The zero-order valence-corrected chi connectivity index (χ0v) is 36.3. The predicted octanol–water partition coefficient (Wildman–Crippen LogP) is 8.66. The maximum absolute atomic E-state index is 7.54. The molecule has 3 atom stereocenters. The highest BCUT2D eigenvalue weighted by Gasteiger charge is 2.62. The molecule has 0 unspecified atom stereocenters. The number of fused-ring (bicyclic) bond motifs is 1. The highest BCUT2D eigenvalue weighted by Crippen LogP contribution is 2.50. The zero-order valence-electron chi connectivity index (χ0n) is 35.2. The number of hydrogen-bond acceptors (Lipinski definition) is 6. The van der Waals surface area contributed by atoms with Gasteiger partial charge in [0.2, 0.25) is 0 Å². The van der Waals surface area contributed by atoms with Gasteiger partial charge in [0.25, 0.3) is 0 Å². The Bertz CT molecular complexity index is 2020. The molecule has 2 aliphatic heterocycles. The van der Waals surface area contributed by atoms with Gasteiger partial charge in [0.1, 0.15) is 32.7 Å².